The Bertz CT molecular complexity index is 765. The molecule has 20 heavy (non-hydrogen) atoms. The molecular weight excluding hydrogens is 254 g/mol. The van der Waals surface area contributed by atoms with Crippen LogP contribution in [0.15, 0.2) is 36.4 Å². The Morgan fingerprint density at radius 3 is 2.70 bits per heavy atom. The fourth-order valence-electron chi connectivity index (χ4n) is 2.27. The van der Waals surface area contributed by atoms with Gasteiger partial charge in [-0.2, -0.15) is 5.10 Å². The largest absolute Gasteiger partial charge is 0.497 e. The number of aromatic amines is 1. The summed E-state index contributed by atoms with van der Waals surface area (Å²) >= 11 is 0. The first-order chi connectivity index (χ1) is 9.74. The van der Waals surface area contributed by atoms with Crippen molar-refractivity contribution in [3.63, 3.8) is 0 Å². The van der Waals surface area contributed by atoms with Crippen LogP contribution in [0.25, 0.3) is 22.2 Å². The van der Waals surface area contributed by atoms with Crippen LogP contribution in [0, 0.1) is 0 Å². The van der Waals surface area contributed by atoms with Crippen LogP contribution in [0.5, 0.6) is 11.5 Å². The predicted octanol–water partition coefficient (Wildman–Crippen LogP) is 2.83. The van der Waals surface area contributed by atoms with Gasteiger partial charge in [0.15, 0.2) is 0 Å². The lowest BCUT2D eigenvalue weighted by molar-refractivity contribution is 0.404. The zero-order chi connectivity index (χ0) is 14.1. The van der Waals surface area contributed by atoms with Crippen LogP contribution in [0.4, 0.5) is 5.69 Å². The molecule has 0 aliphatic heterocycles. The van der Waals surface area contributed by atoms with Gasteiger partial charge in [-0.3, -0.25) is 5.10 Å². The fourth-order valence-corrected chi connectivity index (χ4v) is 2.27. The third kappa shape index (κ3) is 1.84. The predicted molar refractivity (Wildman–Crippen MR) is 79.0 cm³/mol. The third-order valence-corrected chi connectivity index (χ3v) is 3.29. The minimum absolute atomic E-state index is 0.670. The average molecular weight is 269 g/mol. The molecule has 0 atom stereocenters. The third-order valence-electron chi connectivity index (χ3n) is 3.29. The maximum absolute atomic E-state index is 5.95. The normalized spacial score (nSPS) is 10.7. The second-order valence-electron chi connectivity index (χ2n) is 4.41. The van der Waals surface area contributed by atoms with Crippen molar-refractivity contribution in [3.05, 3.63) is 36.4 Å². The minimum atomic E-state index is 0.670. The van der Waals surface area contributed by atoms with E-state index in [0.29, 0.717) is 5.69 Å². The number of H-pyrrole nitrogens is 1. The van der Waals surface area contributed by atoms with Gasteiger partial charge >= 0.3 is 0 Å². The molecule has 0 saturated carbocycles. The summed E-state index contributed by atoms with van der Waals surface area (Å²) < 4.78 is 10.7. The van der Waals surface area contributed by atoms with Crippen molar-refractivity contribution in [1.29, 1.82) is 0 Å². The molecule has 0 spiro atoms. The highest BCUT2D eigenvalue weighted by Crippen LogP contribution is 2.36. The van der Waals surface area contributed by atoms with Crippen molar-refractivity contribution in [2.24, 2.45) is 0 Å². The van der Waals surface area contributed by atoms with Crippen LogP contribution in [0.1, 0.15) is 0 Å². The SMILES string of the molecule is COc1ccc(OC)c(-c2n[nH]c3c(N)cccc23)c1. The summed E-state index contributed by atoms with van der Waals surface area (Å²) in [4.78, 5) is 0. The second-order valence-corrected chi connectivity index (χ2v) is 4.41. The molecule has 0 unspecified atom stereocenters. The Kier molecular flexibility index (Phi) is 2.95. The van der Waals surface area contributed by atoms with Crippen LogP contribution in [0.3, 0.4) is 0 Å². The fraction of sp³-hybridized carbons (Fsp3) is 0.133. The quantitative estimate of drug-likeness (QED) is 0.717. The highest BCUT2D eigenvalue weighted by Gasteiger charge is 2.14. The number of hydrogen-bond donors (Lipinski definition) is 2. The van der Waals surface area contributed by atoms with Crippen LogP contribution in [-0.2, 0) is 0 Å². The summed E-state index contributed by atoms with van der Waals surface area (Å²) in [6, 6.07) is 11.3. The van der Waals surface area contributed by atoms with Crippen molar-refractivity contribution in [2.75, 3.05) is 20.0 Å². The van der Waals surface area contributed by atoms with Crippen LogP contribution in [0.2, 0.25) is 0 Å². The first kappa shape index (κ1) is 12.3. The highest BCUT2D eigenvalue weighted by molar-refractivity contribution is 5.99. The molecule has 1 aromatic heterocycles. The number of benzene rings is 2. The lowest BCUT2D eigenvalue weighted by Gasteiger charge is -2.09. The maximum Gasteiger partial charge on any atom is 0.128 e. The molecule has 102 valence electrons. The lowest BCUT2D eigenvalue weighted by atomic mass is 10.1. The molecule has 0 fully saturated rings. The number of nitrogen functional groups attached to an aromatic ring is 1. The summed E-state index contributed by atoms with van der Waals surface area (Å²) in [5, 5.41) is 8.30. The Labute approximate surface area is 116 Å². The number of nitrogens with zero attached hydrogens (tertiary/aromatic N) is 1. The summed E-state index contributed by atoms with van der Waals surface area (Å²) in [6.07, 6.45) is 0. The van der Waals surface area contributed by atoms with E-state index in [9.17, 15) is 0 Å². The van der Waals surface area contributed by atoms with Gasteiger partial charge < -0.3 is 15.2 Å². The zero-order valence-electron chi connectivity index (χ0n) is 11.3. The molecule has 3 rings (SSSR count). The number of aromatic nitrogens is 2. The summed E-state index contributed by atoms with van der Waals surface area (Å²) in [5.74, 6) is 1.49. The molecule has 3 aromatic rings. The van der Waals surface area contributed by atoms with Crippen molar-refractivity contribution in [2.45, 2.75) is 0 Å². The summed E-state index contributed by atoms with van der Waals surface area (Å²) in [5.41, 5.74) is 9.10. The number of para-hydroxylation sites is 1. The molecule has 1 heterocycles. The molecule has 0 aliphatic carbocycles. The van der Waals surface area contributed by atoms with E-state index in [0.717, 1.165) is 33.7 Å². The number of fused-ring (bicyclic) bond motifs is 1. The molecule has 0 saturated heterocycles. The monoisotopic (exact) mass is 269 g/mol. The van der Waals surface area contributed by atoms with Crippen LogP contribution < -0.4 is 15.2 Å². The van der Waals surface area contributed by atoms with Crippen molar-refractivity contribution in [3.8, 4) is 22.8 Å². The van der Waals surface area contributed by atoms with Gasteiger partial charge in [-0.05, 0) is 24.3 Å². The Morgan fingerprint density at radius 1 is 1.10 bits per heavy atom. The number of rotatable bonds is 3. The standard InChI is InChI=1S/C15H15N3O2/c1-19-9-6-7-13(20-2)11(8-9)14-10-4-3-5-12(16)15(10)18-17-14/h3-8H,16H2,1-2H3,(H,17,18). The minimum Gasteiger partial charge on any atom is -0.497 e. The topological polar surface area (TPSA) is 73.2 Å². The number of nitrogens with two attached hydrogens (primary N) is 1. The number of methoxy groups -OCH3 is 2. The van der Waals surface area contributed by atoms with Gasteiger partial charge in [0.25, 0.3) is 0 Å². The number of ether oxygens (including phenoxy) is 2. The van der Waals surface area contributed by atoms with Crippen molar-refractivity contribution in [1.82, 2.24) is 10.2 Å². The van der Waals surface area contributed by atoms with E-state index in [4.69, 9.17) is 15.2 Å². The highest BCUT2D eigenvalue weighted by atomic mass is 16.5. The Balaban J connectivity index is 2.27. The van der Waals surface area contributed by atoms with E-state index in [-0.39, 0.29) is 0 Å². The molecule has 2 aromatic carbocycles. The van der Waals surface area contributed by atoms with Gasteiger partial charge in [0.05, 0.1) is 25.4 Å². The van der Waals surface area contributed by atoms with Gasteiger partial charge in [-0.25, -0.2) is 0 Å². The van der Waals surface area contributed by atoms with E-state index in [2.05, 4.69) is 10.2 Å². The van der Waals surface area contributed by atoms with E-state index < -0.39 is 0 Å². The molecule has 3 N–H and O–H groups in total. The first-order valence-electron chi connectivity index (χ1n) is 6.19. The molecule has 0 bridgehead atoms. The van der Waals surface area contributed by atoms with Crippen LogP contribution in [-0.4, -0.2) is 24.4 Å². The van der Waals surface area contributed by atoms with E-state index in [1.54, 1.807) is 14.2 Å². The lowest BCUT2D eigenvalue weighted by Crippen LogP contribution is -1.91. The molecule has 5 nitrogen and oxygen atoms in total. The average Bonchev–Trinajstić information content (AvgIpc) is 2.92. The molecule has 0 amide bonds. The summed E-state index contributed by atoms with van der Waals surface area (Å²) in [7, 11) is 3.26. The van der Waals surface area contributed by atoms with E-state index in [1.807, 2.05) is 36.4 Å². The van der Waals surface area contributed by atoms with Gasteiger partial charge in [-0.1, -0.05) is 12.1 Å². The number of anilines is 1. The first-order valence-corrected chi connectivity index (χ1v) is 6.19. The van der Waals surface area contributed by atoms with Gasteiger partial charge in [0, 0.05) is 10.9 Å². The zero-order valence-corrected chi connectivity index (χ0v) is 11.3. The molecule has 5 heteroatoms. The van der Waals surface area contributed by atoms with E-state index >= 15 is 0 Å². The Morgan fingerprint density at radius 2 is 1.95 bits per heavy atom. The molecule has 0 aliphatic rings. The van der Waals surface area contributed by atoms with Gasteiger partial charge in [-0.15, -0.1) is 0 Å². The summed E-state index contributed by atoms with van der Waals surface area (Å²) in [6.45, 7) is 0. The second kappa shape index (κ2) is 4.77. The Hall–Kier alpha value is -2.69. The number of hydrogen-bond acceptors (Lipinski definition) is 4. The van der Waals surface area contributed by atoms with E-state index in [1.165, 1.54) is 0 Å². The van der Waals surface area contributed by atoms with Gasteiger partial charge in [0.2, 0.25) is 0 Å². The maximum atomic E-state index is 5.95. The molecule has 0 radical (unpaired) electrons. The smallest absolute Gasteiger partial charge is 0.128 e. The van der Waals surface area contributed by atoms with Gasteiger partial charge in [0.1, 0.15) is 17.2 Å². The van der Waals surface area contributed by atoms with Crippen molar-refractivity contribution < 1.29 is 9.47 Å². The molecular formula is C15H15N3O2. The van der Waals surface area contributed by atoms with Crippen LogP contribution >= 0.6 is 0 Å². The number of nitrogens with one attached hydrogen (secondary N) is 1. The van der Waals surface area contributed by atoms with Crippen molar-refractivity contribution >= 4 is 16.6 Å².